The maximum absolute atomic E-state index is 6.99. The van der Waals surface area contributed by atoms with E-state index in [1.54, 1.807) is 0 Å². The van der Waals surface area contributed by atoms with Crippen molar-refractivity contribution in [1.82, 2.24) is 24.5 Å². The minimum Gasteiger partial charge on any atom is -0.437 e. The van der Waals surface area contributed by atoms with Crippen molar-refractivity contribution in [3.05, 3.63) is 188 Å². The second-order valence-electron chi connectivity index (χ2n) is 13.8. The first kappa shape index (κ1) is 31.8. The van der Waals surface area contributed by atoms with E-state index in [0.717, 1.165) is 88.6 Å². The van der Waals surface area contributed by atoms with E-state index < -0.39 is 0 Å². The van der Waals surface area contributed by atoms with Crippen LogP contribution in [0.1, 0.15) is 0 Å². The topological polar surface area (TPSA) is 69.6 Å². The molecule has 0 spiro atoms. The molecular formula is C50H31N5O. The summed E-state index contributed by atoms with van der Waals surface area (Å²) in [6.07, 6.45) is 0. The third-order valence-corrected chi connectivity index (χ3v) is 10.5. The lowest BCUT2D eigenvalue weighted by Crippen LogP contribution is -2.00. The van der Waals surface area contributed by atoms with Crippen LogP contribution in [-0.4, -0.2) is 24.5 Å². The molecule has 0 radical (unpaired) electrons. The average Bonchev–Trinajstić information content (AvgIpc) is 3.82. The molecule has 4 heterocycles. The standard InChI is InChI=1S/C50H31N5O/c1-4-15-33(16-5-1)47-52-48(34-17-6-2-7-18-34)54-49(53-47)35-29-27-32(28-30-35)36-19-14-20-37(31-36)45-46-43(39-23-10-12-25-41(39)51-45)44-40-24-11-13-26-42(40)55(50(44)56-46)38-21-8-3-9-22-38/h1-31H. The third kappa shape index (κ3) is 5.27. The van der Waals surface area contributed by atoms with E-state index in [1.807, 2.05) is 72.8 Å². The zero-order chi connectivity index (χ0) is 37.0. The van der Waals surface area contributed by atoms with Crippen molar-refractivity contribution in [2.75, 3.05) is 0 Å². The van der Waals surface area contributed by atoms with E-state index in [2.05, 4.69) is 120 Å². The Balaban J connectivity index is 1.04. The quantitative estimate of drug-likeness (QED) is 0.171. The van der Waals surface area contributed by atoms with Crippen LogP contribution >= 0.6 is 0 Å². The fraction of sp³-hybridized carbons (Fsp3) is 0. The molecule has 0 aliphatic rings. The summed E-state index contributed by atoms with van der Waals surface area (Å²) in [4.78, 5) is 20.0. The Morgan fingerprint density at radius 3 is 1.57 bits per heavy atom. The SMILES string of the molecule is c1ccc(-c2nc(-c3ccccc3)nc(-c3ccc(-c4cccc(-c5nc6ccccc6c6c5oc5c6c6ccccc6n5-c5ccccc5)c4)cc3)n2)cc1. The third-order valence-electron chi connectivity index (χ3n) is 10.5. The molecular weight excluding hydrogens is 687 g/mol. The van der Waals surface area contributed by atoms with Crippen molar-refractivity contribution in [3.63, 3.8) is 0 Å². The number of furan rings is 1. The minimum absolute atomic E-state index is 0.623. The first-order chi connectivity index (χ1) is 27.8. The number of rotatable bonds is 6. The fourth-order valence-electron chi connectivity index (χ4n) is 7.82. The van der Waals surface area contributed by atoms with Gasteiger partial charge in [-0.15, -0.1) is 0 Å². The van der Waals surface area contributed by atoms with Crippen molar-refractivity contribution in [1.29, 1.82) is 0 Å². The average molecular weight is 718 g/mol. The Kier molecular flexibility index (Phi) is 7.38. The first-order valence-electron chi connectivity index (χ1n) is 18.6. The number of benzene rings is 7. The second-order valence-corrected chi connectivity index (χ2v) is 13.8. The van der Waals surface area contributed by atoms with Crippen molar-refractivity contribution in [2.45, 2.75) is 0 Å². The molecule has 0 atom stereocenters. The summed E-state index contributed by atoms with van der Waals surface area (Å²) in [7, 11) is 0. The highest BCUT2D eigenvalue weighted by Gasteiger charge is 2.24. The van der Waals surface area contributed by atoms with Crippen molar-refractivity contribution in [2.24, 2.45) is 0 Å². The summed E-state index contributed by atoms with van der Waals surface area (Å²) in [6.45, 7) is 0. The highest BCUT2D eigenvalue weighted by Crippen LogP contribution is 2.45. The normalized spacial score (nSPS) is 11.6. The van der Waals surface area contributed by atoms with Gasteiger partial charge in [-0.05, 0) is 41.5 Å². The van der Waals surface area contributed by atoms with Crippen LogP contribution in [0.5, 0.6) is 0 Å². The molecule has 6 nitrogen and oxygen atoms in total. The minimum atomic E-state index is 0.623. The molecule has 7 aromatic carbocycles. The molecule has 0 saturated carbocycles. The van der Waals surface area contributed by atoms with Gasteiger partial charge in [-0.25, -0.2) is 19.9 Å². The molecule has 11 aromatic rings. The van der Waals surface area contributed by atoms with Gasteiger partial charge < -0.3 is 4.42 Å². The van der Waals surface area contributed by atoms with E-state index in [-0.39, 0.29) is 0 Å². The molecule has 6 heteroatoms. The zero-order valence-corrected chi connectivity index (χ0v) is 30.0. The first-order valence-corrected chi connectivity index (χ1v) is 18.6. The van der Waals surface area contributed by atoms with E-state index >= 15 is 0 Å². The number of hydrogen-bond donors (Lipinski definition) is 0. The van der Waals surface area contributed by atoms with Gasteiger partial charge in [0.25, 0.3) is 0 Å². The highest BCUT2D eigenvalue weighted by molar-refractivity contribution is 6.28. The van der Waals surface area contributed by atoms with Crippen molar-refractivity contribution in [3.8, 4) is 62.2 Å². The molecule has 0 bridgehead atoms. The molecule has 262 valence electrons. The predicted molar refractivity (Wildman–Crippen MR) is 226 cm³/mol. The van der Waals surface area contributed by atoms with Crippen LogP contribution < -0.4 is 0 Å². The van der Waals surface area contributed by atoms with Crippen LogP contribution in [0.3, 0.4) is 0 Å². The lowest BCUT2D eigenvalue weighted by atomic mass is 9.98. The van der Waals surface area contributed by atoms with Gasteiger partial charge in [-0.2, -0.15) is 0 Å². The molecule has 0 saturated heterocycles. The van der Waals surface area contributed by atoms with Crippen LogP contribution in [-0.2, 0) is 0 Å². The molecule has 0 amide bonds. The van der Waals surface area contributed by atoms with E-state index in [1.165, 1.54) is 0 Å². The number of nitrogens with zero attached hydrogens (tertiary/aromatic N) is 5. The Labute approximate surface area is 322 Å². The van der Waals surface area contributed by atoms with Gasteiger partial charge in [-0.3, -0.25) is 4.57 Å². The summed E-state index contributed by atoms with van der Waals surface area (Å²) >= 11 is 0. The summed E-state index contributed by atoms with van der Waals surface area (Å²) in [5, 5.41) is 4.38. The maximum atomic E-state index is 6.99. The van der Waals surface area contributed by atoms with Gasteiger partial charge in [-0.1, -0.05) is 158 Å². The number of fused-ring (bicyclic) bond motifs is 7. The largest absolute Gasteiger partial charge is 0.437 e. The van der Waals surface area contributed by atoms with Crippen molar-refractivity contribution >= 4 is 43.9 Å². The summed E-state index contributed by atoms with van der Waals surface area (Å²) in [5.74, 6) is 1.90. The molecule has 0 aliphatic heterocycles. The molecule has 0 aliphatic carbocycles. The molecule has 0 fully saturated rings. The zero-order valence-electron chi connectivity index (χ0n) is 30.0. The van der Waals surface area contributed by atoms with E-state index in [0.29, 0.717) is 17.5 Å². The number of para-hydroxylation sites is 3. The number of pyridine rings is 1. The van der Waals surface area contributed by atoms with Crippen LogP contribution in [0.2, 0.25) is 0 Å². The van der Waals surface area contributed by atoms with E-state index in [9.17, 15) is 0 Å². The highest BCUT2D eigenvalue weighted by atomic mass is 16.3. The lowest BCUT2D eigenvalue weighted by Gasteiger charge is -2.10. The Morgan fingerprint density at radius 2 is 0.893 bits per heavy atom. The smallest absolute Gasteiger partial charge is 0.213 e. The number of aromatic nitrogens is 5. The van der Waals surface area contributed by atoms with Gasteiger partial charge in [0, 0.05) is 44.1 Å². The van der Waals surface area contributed by atoms with Crippen molar-refractivity contribution < 1.29 is 4.42 Å². The predicted octanol–water partition coefficient (Wildman–Crippen LogP) is 12.6. The van der Waals surface area contributed by atoms with Crippen LogP contribution in [0, 0.1) is 0 Å². The Bertz CT molecular complexity index is 3170. The summed E-state index contributed by atoms with van der Waals surface area (Å²) in [5.41, 5.74) is 11.4. The van der Waals surface area contributed by atoms with Crippen LogP contribution in [0.4, 0.5) is 0 Å². The monoisotopic (exact) mass is 717 g/mol. The Hall–Kier alpha value is -7.70. The van der Waals surface area contributed by atoms with Gasteiger partial charge >= 0.3 is 0 Å². The maximum Gasteiger partial charge on any atom is 0.213 e. The van der Waals surface area contributed by atoms with Gasteiger partial charge in [0.15, 0.2) is 23.1 Å². The molecule has 4 aromatic heterocycles. The second kappa shape index (κ2) is 13.0. The van der Waals surface area contributed by atoms with Crippen LogP contribution in [0.15, 0.2) is 192 Å². The van der Waals surface area contributed by atoms with Crippen LogP contribution in [0.25, 0.3) is 106 Å². The van der Waals surface area contributed by atoms with Gasteiger partial charge in [0.2, 0.25) is 5.71 Å². The lowest BCUT2D eigenvalue weighted by molar-refractivity contribution is 0.645. The summed E-state index contributed by atoms with van der Waals surface area (Å²) in [6, 6.07) is 64.3. The molecule has 0 unspecified atom stereocenters. The molecule has 56 heavy (non-hydrogen) atoms. The van der Waals surface area contributed by atoms with Gasteiger partial charge in [0.05, 0.1) is 16.4 Å². The fourth-order valence-corrected chi connectivity index (χ4v) is 7.82. The Morgan fingerprint density at radius 1 is 0.375 bits per heavy atom. The van der Waals surface area contributed by atoms with Gasteiger partial charge in [0.1, 0.15) is 5.69 Å². The van der Waals surface area contributed by atoms with E-state index in [4.69, 9.17) is 24.4 Å². The molecule has 11 rings (SSSR count). The molecule has 0 N–H and O–H groups in total. The number of hydrogen-bond acceptors (Lipinski definition) is 5. The summed E-state index contributed by atoms with van der Waals surface area (Å²) < 4.78 is 9.21.